The highest BCUT2D eigenvalue weighted by Gasteiger charge is 2.24. The number of alkyl carbamates (subject to hydrolysis) is 1. The molecule has 0 aromatic carbocycles. The largest absolute Gasteiger partial charge is 0.480 e. The third-order valence-electron chi connectivity index (χ3n) is 1.80. The fourth-order valence-electron chi connectivity index (χ4n) is 1.09. The smallest absolute Gasteiger partial charge is 0.408 e. The molecular weight excluding hydrogens is 286 g/mol. The van der Waals surface area contributed by atoms with Crippen LogP contribution in [-0.4, -0.2) is 52.9 Å². The Labute approximate surface area is 122 Å². The normalized spacial score (nSPS) is 12.4. The number of hydrogen-bond donors (Lipinski definition) is 2. The van der Waals surface area contributed by atoms with Crippen LogP contribution in [-0.2, 0) is 19.1 Å². The Balaban J connectivity index is 4.21. The summed E-state index contributed by atoms with van der Waals surface area (Å²) in [5, 5.41) is 11.2. The van der Waals surface area contributed by atoms with Gasteiger partial charge in [0, 0.05) is 5.75 Å². The second kappa shape index (κ2) is 8.68. The van der Waals surface area contributed by atoms with Gasteiger partial charge >= 0.3 is 18.0 Å². The number of aliphatic carboxylic acids is 1. The average Bonchev–Trinajstić information content (AvgIpc) is 2.25. The summed E-state index contributed by atoms with van der Waals surface area (Å²) >= 11 is 1.07. The zero-order valence-electron chi connectivity index (χ0n) is 12.1. The number of carboxylic acid groups (broad SMARTS) is 1. The van der Waals surface area contributed by atoms with Crippen LogP contribution in [0.15, 0.2) is 0 Å². The Kier molecular flexibility index (Phi) is 8.05. The standard InChI is InChI=1S/C12H21NO6S/c1-5-18-9(14)7-20-6-8(10(15)16)13-11(17)19-12(2,3)4/h8H,5-7H2,1-4H3,(H,13,17)(H,15,16). The van der Waals surface area contributed by atoms with E-state index in [0.717, 1.165) is 11.8 Å². The highest BCUT2D eigenvalue weighted by atomic mass is 32.2. The monoisotopic (exact) mass is 307 g/mol. The quantitative estimate of drug-likeness (QED) is 0.683. The van der Waals surface area contributed by atoms with Crippen LogP contribution in [0.4, 0.5) is 4.79 Å². The summed E-state index contributed by atoms with van der Waals surface area (Å²) < 4.78 is 9.68. The van der Waals surface area contributed by atoms with E-state index in [-0.39, 0.29) is 18.1 Å². The van der Waals surface area contributed by atoms with Crippen LogP contribution in [0, 0.1) is 0 Å². The number of carbonyl (C=O) groups is 3. The number of ether oxygens (including phenoxy) is 2. The SMILES string of the molecule is CCOC(=O)CSCC(NC(=O)OC(C)(C)C)C(=O)O. The lowest BCUT2D eigenvalue weighted by atomic mass is 10.2. The second-order valence-corrected chi connectivity index (χ2v) is 5.89. The molecule has 0 fully saturated rings. The molecule has 0 rings (SSSR count). The number of thioether (sulfide) groups is 1. The Morgan fingerprint density at radius 1 is 1.30 bits per heavy atom. The molecule has 0 saturated heterocycles. The Morgan fingerprint density at radius 3 is 2.35 bits per heavy atom. The van der Waals surface area contributed by atoms with Crippen LogP contribution in [0.2, 0.25) is 0 Å². The zero-order valence-corrected chi connectivity index (χ0v) is 12.9. The van der Waals surface area contributed by atoms with Gasteiger partial charge in [0.15, 0.2) is 0 Å². The van der Waals surface area contributed by atoms with E-state index in [1.165, 1.54) is 0 Å². The number of carboxylic acids is 1. The van der Waals surface area contributed by atoms with E-state index in [0.29, 0.717) is 0 Å². The highest BCUT2D eigenvalue weighted by Crippen LogP contribution is 2.08. The molecule has 116 valence electrons. The molecule has 20 heavy (non-hydrogen) atoms. The van der Waals surface area contributed by atoms with Gasteiger partial charge in [-0.15, -0.1) is 11.8 Å². The van der Waals surface area contributed by atoms with E-state index in [9.17, 15) is 14.4 Å². The molecular formula is C12H21NO6S. The van der Waals surface area contributed by atoms with Crippen molar-refractivity contribution < 1.29 is 29.0 Å². The minimum Gasteiger partial charge on any atom is -0.480 e. The first kappa shape index (κ1) is 18.6. The molecule has 0 aromatic heterocycles. The molecule has 0 aliphatic rings. The van der Waals surface area contributed by atoms with Gasteiger partial charge in [-0.2, -0.15) is 0 Å². The van der Waals surface area contributed by atoms with E-state index >= 15 is 0 Å². The number of esters is 1. The third-order valence-corrected chi connectivity index (χ3v) is 2.81. The highest BCUT2D eigenvalue weighted by molar-refractivity contribution is 8.00. The summed E-state index contributed by atoms with van der Waals surface area (Å²) in [4.78, 5) is 33.6. The summed E-state index contributed by atoms with van der Waals surface area (Å²) in [5.41, 5.74) is -0.703. The van der Waals surface area contributed by atoms with Gasteiger partial charge in [0.05, 0.1) is 12.4 Å². The molecule has 2 N–H and O–H groups in total. The maximum atomic E-state index is 11.5. The van der Waals surface area contributed by atoms with E-state index in [1.807, 2.05) is 0 Å². The number of carbonyl (C=O) groups excluding carboxylic acids is 2. The van der Waals surface area contributed by atoms with E-state index in [2.05, 4.69) is 5.32 Å². The third kappa shape index (κ3) is 9.48. The number of hydrogen-bond acceptors (Lipinski definition) is 6. The van der Waals surface area contributed by atoms with Gasteiger partial charge in [-0.3, -0.25) is 4.79 Å². The Hall–Kier alpha value is -1.44. The summed E-state index contributed by atoms with van der Waals surface area (Å²) in [7, 11) is 0. The maximum absolute atomic E-state index is 11.5. The number of amides is 1. The zero-order chi connectivity index (χ0) is 15.8. The Bertz CT molecular complexity index is 352. The second-order valence-electron chi connectivity index (χ2n) is 4.86. The molecule has 8 heteroatoms. The van der Waals surface area contributed by atoms with E-state index in [1.54, 1.807) is 27.7 Å². The lowest BCUT2D eigenvalue weighted by Gasteiger charge is -2.21. The van der Waals surface area contributed by atoms with Crippen molar-refractivity contribution in [2.24, 2.45) is 0 Å². The van der Waals surface area contributed by atoms with Crippen molar-refractivity contribution >= 4 is 29.8 Å². The van der Waals surface area contributed by atoms with Crippen LogP contribution in [0.5, 0.6) is 0 Å². The van der Waals surface area contributed by atoms with Gasteiger partial charge in [0.1, 0.15) is 11.6 Å². The van der Waals surface area contributed by atoms with Crippen molar-refractivity contribution in [1.29, 1.82) is 0 Å². The molecule has 0 aliphatic carbocycles. The molecule has 0 spiro atoms. The predicted octanol–water partition coefficient (Wildman–Crippen LogP) is 1.26. The first-order chi connectivity index (χ1) is 9.15. The number of nitrogens with one attached hydrogen (secondary N) is 1. The molecule has 1 unspecified atom stereocenters. The van der Waals surface area contributed by atoms with Gasteiger partial charge in [0.25, 0.3) is 0 Å². The van der Waals surface area contributed by atoms with Crippen LogP contribution < -0.4 is 5.32 Å². The number of rotatable bonds is 7. The fraction of sp³-hybridized carbons (Fsp3) is 0.750. The molecule has 0 bridgehead atoms. The summed E-state index contributed by atoms with van der Waals surface area (Å²) in [6.45, 7) is 7.00. The van der Waals surface area contributed by atoms with Crippen molar-refractivity contribution in [3.05, 3.63) is 0 Å². The lowest BCUT2D eigenvalue weighted by Crippen LogP contribution is -2.45. The van der Waals surface area contributed by atoms with Gasteiger partial charge in [0.2, 0.25) is 0 Å². The van der Waals surface area contributed by atoms with Crippen molar-refractivity contribution in [2.45, 2.75) is 39.3 Å². The Morgan fingerprint density at radius 2 is 1.90 bits per heavy atom. The van der Waals surface area contributed by atoms with Crippen molar-refractivity contribution in [2.75, 3.05) is 18.1 Å². The fourth-order valence-corrected chi connectivity index (χ4v) is 1.92. The van der Waals surface area contributed by atoms with Crippen molar-refractivity contribution in [3.63, 3.8) is 0 Å². The molecule has 0 aromatic rings. The first-order valence-electron chi connectivity index (χ1n) is 6.11. The summed E-state index contributed by atoms with van der Waals surface area (Å²) in [6.07, 6.45) is -0.804. The first-order valence-corrected chi connectivity index (χ1v) is 7.27. The van der Waals surface area contributed by atoms with Crippen molar-refractivity contribution in [1.82, 2.24) is 5.32 Å². The molecule has 0 saturated carbocycles. The topological polar surface area (TPSA) is 102 Å². The van der Waals surface area contributed by atoms with Gasteiger partial charge in [-0.05, 0) is 27.7 Å². The lowest BCUT2D eigenvalue weighted by molar-refractivity contribution is -0.140. The average molecular weight is 307 g/mol. The molecule has 0 heterocycles. The summed E-state index contributed by atoms with van der Waals surface area (Å²) in [5.74, 6) is -1.52. The summed E-state index contributed by atoms with van der Waals surface area (Å²) in [6, 6.07) is -1.12. The van der Waals surface area contributed by atoms with Crippen LogP contribution >= 0.6 is 11.8 Å². The van der Waals surface area contributed by atoms with Crippen LogP contribution in [0.3, 0.4) is 0 Å². The predicted molar refractivity (Wildman–Crippen MR) is 74.8 cm³/mol. The van der Waals surface area contributed by atoms with Crippen molar-refractivity contribution in [3.8, 4) is 0 Å². The molecule has 7 nitrogen and oxygen atoms in total. The maximum Gasteiger partial charge on any atom is 0.408 e. The van der Waals surface area contributed by atoms with E-state index < -0.39 is 29.7 Å². The van der Waals surface area contributed by atoms with Gasteiger partial charge in [-0.25, -0.2) is 9.59 Å². The van der Waals surface area contributed by atoms with Crippen LogP contribution in [0.1, 0.15) is 27.7 Å². The molecule has 0 aliphatic heterocycles. The van der Waals surface area contributed by atoms with Crippen LogP contribution in [0.25, 0.3) is 0 Å². The van der Waals surface area contributed by atoms with E-state index in [4.69, 9.17) is 14.6 Å². The minimum absolute atomic E-state index is 0.0353. The van der Waals surface area contributed by atoms with Gasteiger partial charge < -0.3 is 19.9 Å². The minimum atomic E-state index is -1.19. The molecule has 1 amide bonds. The van der Waals surface area contributed by atoms with Gasteiger partial charge in [-0.1, -0.05) is 0 Å². The molecule has 0 radical (unpaired) electrons. The molecule has 1 atom stereocenters.